The van der Waals surface area contributed by atoms with E-state index in [-0.39, 0.29) is 29.5 Å². The van der Waals surface area contributed by atoms with Gasteiger partial charge in [-0.05, 0) is 42.7 Å². The Labute approximate surface area is 140 Å². The highest BCUT2D eigenvalue weighted by molar-refractivity contribution is 6.02. The maximum Gasteiger partial charge on any atom is 0.291 e. The smallest absolute Gasteiger partial charge is 0.291 e. The first-order valence-electron chi connectivity index (χ1n) is 8.10. The van der Waals surface area contributed by atoms with Gasteiger partial charge in [0.25, 0.3) is 5.91 Å². The summed E-state index contributed by atoms with van der Waals surface area (Å²) in [6, 6.07) is 10.6. The number of benzene rings is 1. The lowest BCUT2D eigenvalue weighted by molar-refractivity contribution is -0.125. The molecule has 1 aromatic carbocycles. The number of furan rings is 1. The van der Waals surface area contributed by atoms with Crippen LogP contribution in [0.15, 0.2) is 47.1 Å². The van der Waals surface area contributed by atoms with Crippen molar-refractivity contribution in [3.05, 3.63) is 54.0 Å². The normalized spacial score (nSPS) is 19.9. The van der Waals surface area contributed by atoms with Gasteiger partial charge in [0, 0.05) is 18.3 Å². The van der Waals surface area contributed by atoms with Crippen LogP contribution in [0.2, 0.25) is 0 Å². The molecule has 2 amide bonds. The van der Waals surface area contributed by atoms with Gasteiger partial charge in [-0.25, -0.2) is 0 Å². The lowest BCUT2D eigenvalue weighted by Gasteiger charge is -2.15. The summed E-state index contributed by atoms with van der Waals surface area (Å²) in [4.78, 5) is 24.0. The van der Waals surface area contributed by atoms with Crippen LogP contribution in [0.3, 0.4) is 0 Å². The highest BCUT2D eigenvalue weighted by atomic mass is 16.3. The van der Waals surface area contributed by atoms with Crippen LogP contribution in [0.4, 0.5) is 5.69 Å². The minimum atomic E-state index is -0.295. The summed E-state index contributed by atoms with van der Waals surface area (Å²) in [5.41, 5.74) is 7.58. The van der Waals surface area contributed by atoms with Crippen LogP contribution in [0.25, 0.3) is 0 Å². The fourth-order valence-corrected chi connectivity index (χ4v) is 2.94. The summed E-state index contributed by atoms with van der Waals surface area (Å²) in [5, 5.41) is 5.68. The number of amides is 2. The third-order valence-electron chi connectivity index (χ3n) is 4.33. The molecule has 1 aliphatic rings. The van der Waals surface area contributed by atoms with E-state index < -0.39 is 0 Å². The molecule has 1 saturated carbocycles. The van der Waals surface area contributed by atoms with E-state index in [0.717, 1.165) is 24.8 Å². The number of carbonyl (C=O) groups excluding carboxylic acids is 2. The summed E-state index contributed by atoms with van der Waals surface area (Å²) in [6.07, 6.45) is 4.26. The number of anilines is 1. The molecule has 0 spiro atoms. The Morgan fingerprint density at radius 1 is 1.17 bits per heavy atom. The Balaban J connectivity index is 1.51. The Morgan fingerprint density at radius 3 is 2.58 bits per heavy atom. The average Bonchev–Trinajstić information content (AvgIpc) is 3.25. The number of carbonyl (C=O) groups is 2. The van der Waals surface area contributed by atoms with Crippen molar-refractivity contribution in [1.29, 1.82) is 0 Å². The quantitative estimate of drug-likeness (QED) is 0.785. The van der Waals surface area contributed by atoms with Crippen LogP contribution in [0.1, 0.15) is 35.4 Å². The second-order valence-electron chi connectivity index (χ2n) is 6.05. The predicted molar refractivity (Wildman–Crippen MR) is 90.3 cm³/mol. The molecule has 0 bridgehead atoms. The summed E-state index contributed by atoms with van der Waals surface area (Å²) in [7, 11) is 0. The minimum absolute atomic E-state index is 0.0233. The van der Waals surface area contributed by atoms with E-state index in [2.05, 4.69) is 10.6 Å². The largest absolute Gasteiger partial charge is 0.459 e. The van der Waals surface area contributed by atoms with Crippen LogP contribution in [0, 0.1) is 5.92 Å². The monoisotopic (exact) mass is 327 g/mol. The summed E-state index contributed by atoms with van der Waals surface area (Å²) < 4.78 is 5.04. The number of hydrogen-bond acceptors (Lipinski definition) is 4. The third kappa shape index (κ3) is 3.83. The van der Waals surface area contributed by atoms with Crippen molar-refractivity contribution in [1.82, 2.24) is 5.32 Å². The Hall–Kier alpha value is -2.60. The van der Waals surface area contributed by atoms with Crippen LogP contribution < -0.4 is 16.4 Å². The average molecular weight is 327 g/mol. The molecule has 126 valence electrons. The van der Waals surface area contributed by atoms with E-state index in [4.69, 9.17) is 10.2 Å². The topological polar surface area (TPSA) is 97.4 Å². The molecule has 4 N–H and O–H groups in total. The molecule has 24 heavy (non-hydrogen) atoms. The minimum Gasteiger partial charge on any atom is -0.459 e. The van der Waals surface area contributed by atoms with Crippen molar-refractivity contribution in [3.8, 4) is 0 Å². The zero-order valence-corrected chi connectivity index (χ0v) is 13.3. The molecule has 1 fully saturated rings. The van der Waals surface area contributed by atoms with Gasteiger partial charge in [0.15, 0.2) is 5.76 Å². The van der Waals surface area contributed by atoms with Gasteiger partial charge in [-0.1, -0.05) is 18.6 Å². The highest BCUT2D eigenvalue weighted by Crippen LogP contribution is 2.24. The first-order chi connectivity index (χ1) is 11.6. The summed E-state index contributed by atoms with van der Waals surface area (Å²) in [6.45, 7) is 0.453. The molecule has 0 radical (unpaired) electrons. The molecule has 2 aromatic rings. The van der Waals surface area contributed by atoms with E-state index >= 15 is 0 Å². The van der Waals surface area contributed by atoms with Gasteiger partial charge in [0.2, 0.25) is 5.91 Å². The molecule has 0 aliphatic heterocycles. The number of nitrogens with one attached hydrogen (secondary N) is 2. The molecule has 1 aromatic heterocycles. The lowest BCUT2D eigenvalue weighted by Crippen LogP contribution is -2.38. The molecule has 6 nitrogen and oxygen atoms in total. The van der Waals surface area contributed by atoms with Crippen molar-refractivity contribution >= 4 is 17.5 Å². The number of nitrogens with two attached hydrogens (primary N) is 1. The third-order valence-corrected chi connectivity index (χ3v) is 4.33. The van der Waals surface area contributed by atoms with Gasteiger partial charge in [-0.3, -0.25) is 9.59 Å². The van der Waals surface area contributed by atoms with Crippen molar-refractivity contribution < 1.29 is 14.0 Å². The molecule has 3 rings (SSSR count). The van der Waals surface area contributed by atoms with Crippen molar-refractivity contribution in [2.45, 2.75) is 31.8 Å². The van der Waals surface area contributed by atoms with Crippen molar-refractivity contribution in [2.75, 3.05) is 5.32 Å². The zero-order chi connectivity index (χ0) is 16.9. The second-order valence-corrected chi connectivity index (χ2v) is 6.05. The van der Waals surface area contributed by atoms with Crippen molar-refractivity contribution in [3.63, 3.8) is 0 Å². The zero-order valence-electron chi connectivity index (χ0n) is 13.3. The van der Waals surface area contributed by atoms with E-state index in [1.807, 2.05) is 12.1 Å². The summed E-state index contributed by atoms with van der Waals surface area (Å²) in [5.74, 6) is -0.0810. The number of hydrogen-bond donors (Lipinski definition) is 3. The summed E-state index contributed by atoms with van der Waals surface area (Å²) >= 11 is 0. The number of rotatable bonds is 5. The first-order valence-corrected chi connectivity index (χ1v) is 8.10. The van der Waals surface area contributed by atoms with E-state index in [0.29, 0.717) is 12.2 Å². The van der Waals surface area contributed by atoms with Gasteiger partial charge in [-0.15, -0.1) is 0 Å². The predicted octanol–water partition coefficient (Wildman–Crippen LogP) is 2.28. The molecular weight excluding hydrogens is 306 g/mol. The fraction of sp³-hybridized carbons (Fsp3) is 0.333. The van der Waals surface area contributed by atoms with Gasteiger partial charge in [-0.2, -0.15) is 0 Å². The highest BCUT2D eigenvalue weighted by Gasteiger charge is 2.29. The maximum absolute atomic E-state index is 12.1. The SMILES string of the molecule is NC1CCCC1C(=O)NCc1ccc(NC(=O)c2ccco2)cc1. The molecular formula is C18H21N3O3. The van der Waals surface area contributed by atoms with Gasteiger partial charge in [0.05, 0.1) is 12.2 Å². The van der Waals surface area contributed by atoms with Crippen LogP contribution >= 0.6 is 0 Å². The Bertz CT molecular complexity index is 695. The van der Waals surface area contributed by atoms with Gasteiger partial charge >= 0.3 is 0 Å². The fourth-order valence-electron chi connectivity index (χ4n) is 2.94. The second kappa shape index (κ2) is 7.31. The molecule has 6 heteroatoms. The molecule has 1 heterocycles. The van der Waals surface area contributed by atoms with Crippen molar-refractivity contribution in [2.24, 2.45) is 11.7 Å². The molecule has 2 unspecified atom stereocenters. The van der Waals surface area contributed by atoms with E-state index in [1.165, 1.54) is 6.26 Å². The molecule has 2 atom stereocenters. The van der Waals surface area contributed by atoms with Crippen LogP contribution in [0.5, 0.6) is 0 Å². The van der Waals surface area contributed by atoms with E-state index in [1.54, 1.807) is 24.3 Å². The molecule has 0 saturated heterocycles. The first kappa shape index (κ1) is 16.3. The van der Waals surface area contributed by atoms with Gasteiger partial charge in [0.1, 0.15) is 0 Å². The maximum atomic E-state index is 12.1. The standard InChI is InChI=1S/C18H21N3O3/c19-15-4-1-3-14(15)17(22)20-11-12-6-8-13(9-7-12)21-18(23)16-5-2-10-24-16/h2,5-10,14-15H,1,3-4,11,19H2,(H,20,22)(H,21,23). The van der Waals surface area contributed by atoms with Crippen LogP contribution in [-0.2, 0) is 11.3 Å². The molecule has 1 aliphatic carbocycles. The Morgan fingerprint density at radius 2 is 1.96 bits per heavy atom. The van der Waals surface area contributed by atoms with Gasteiger partial charge < -0.3 is 20.8 Å². The lowest BCUT2D eigenvalue weighted by atomic mass is 10.0. The van der Waals surface area contributed by atoms with Crippen LogP contribution in [-0.4, -0.2) is 17.9 Å². The van der Waals surface area contributed by atoms with E-state index in [9.17, 15) is 9.59 Å². The Kier molecular flexibility index (Phi) is 4.96.